The number of carbonyl (C=O) groups excluding carboxylic acids is 2. The molecule has 1 saturated heterocycles. The second-order valence-corrected chi connectivity index (χ2v) is 8.87. The summed E-state index contributed by atoms with van der Waals surface area (Å²) in [6.07, 6.45) is 5.11. The van der Waals surface area contributed by atoms with Gasteiger partial charge in [-0.15, -0.1) is 0 Å². The lowest BCUT2D eigenvalue weighted by Gasteiger charge is -2.36. The Labute approximate surface area is 195 Å². The van der Waals surface area contributed by atoms with Gasteiger partial charge in [0.2, 0.25) is 5.91 Å². The smallest absolute Gasteiger partial charge is 0.238 e. The molecule has 0 saturated carbocycles. The van der Waals surface area contributed by atoms with Crippen molar-refractivity contribution in [3.8, 4) is 6.07 Å². The van der Waals surface area contributed by atoms with Gasteiger partial charge in [0.1, 0.15) is 11.9 Å². The number of Topliss-reactive ketones (excluding diaryl/α,β-unsaturated/α-hetero) is 1. The van der Waals surface area contributed by atoms with Gasteiger partial charge in [-0.25, -0.2) is 4.98 Å². The normalized spacial score (nSPS) is 15.7. The maximum Gasteiger partial charge on any atom is 0.238 e. The molecule has 7 nitrogen and oxygen atoms in total. The molecule has 0 spiro atoms. The first-order valence-corrected chi connectivity index (χ1v) is 11.8. The number of ketones is 1. The lowest BCUT2D eigenvalue weighted by atomic mass is 10.0. The SMILES string of the molecule is CCCc1nc(N2CCN(CC(=O)Nc3ccc(C(C)=O)cc3)CC2)c(C#N)c2c1CCC2. The lowest BCUT2D eigenvalue weighted by molar-refractivity contribution is -0.117. The Bertz CT molecular complexity index is 1080. The van der Waals surface area contributed by atoms with Crippen molar-refractivity contribution >= 4 is 23.2 Å². The number of carbonyl (C=O) groups is 2. The van der Waals surface area contributed by atoms with Gasteiger partial charge in [0, 0.05) is 43.1 Å². The molecule has 2 heterocycles. The number of aryl methyl sites for hydroxylation is 1. The molecule has 1 fully saturated rings. The number of pyridine rings is 1. The molecule has 0 bridgehead atoms. The molecule has 1 aliphatic heterocycles. The summed E-state index contributed by atoms with van der Waals surface area (Å²) in [5.41, 5.74) is 5.75. The summed E-state index contributed by atoms with van der Waals surface area (Å²) in [6.45, 7) is 6.97. The van der Waals surface area contributed by atoms with Crippen LogP contribution in [-0.4, -0.2) is 54.3 Å². The van der Waals surface area contributed by atoms with E-state index in [2.05, 4.69) is 28.1 Å². The molecule has 2 aromatic rings. The zero-order chi connectivity index (χ0) is 23.4. The Balaban J connectivity index is 1.38. The van der Waals surface area contributed by atoms with Gasteiger partial charge in [0.05, 0.1) is 12.1 Å². The van der Waals surface area contributed by atoms with Crippen LogP contribution in [0.4, 0.5) is 11.5 Å². The van der Waals surface area contributed by atoms with E-state index in [9.17, 15) is 14.9 Å². The Morgan fingerprint density at radius 1 is 1.09 bits per heavy atom. The molecule has 7 heteroatoms. The summed E-state index contributed by atoms with van der Waals surface area (Å²) in [7, 11) is 0. The summed E-state index contributed by atoms with van der Waals surface area (Å²) >= 11 is 0. The molecule has 1 aliphatic carbocycles. The summed E-state index contributed by atoms with van der Waals surface area (Å²) in [5, 5.41) is 12.8. The third-order valence-electron chi connectivity index (χ3n) is 6.55. The highest BCUT2D eigenvalue weighted by Gasteiger charge is 2.27. The zero-order valence-electron chi connectivity index (χ0n) is 19.5. The van der Waals surface area contributed by atoms with E-state index in [1.165, 1.54) is 18.1 Å². The number of aromatic nitrogens is 1. The molecule has 33 heavy (non-hydrogen) atoms. The molecule has 172 valence electrons. The number of hydrogen-bond donors (Lipinski definition) is 1. The molecular weight excluding hydrogens is 414 g/mol. The van der Waals surface area contributed by atoms with E-state index in [0.29, 0.717) is 17.8 Å². The minimum absolute atomic E-state index is 0.00461. The molecule has 1 aromatic carbocycles. The van der Waals surface area contributed by atoms with Crippen LogP contribution in [0.3, 0.4) is 0 Å². The number of hydrogen-bond acceptors (Lipinski definition) is 6. The molecule has 0 unspecified atom stereocenters. The van der Waals surface area contributed by atoms with Crippen LogP contribution in [-0.2, 0) is 24.1 Å². The van der Waals surface area contributed by atoms with Crippen molar-refractivity contribution in [1.29, 1.82) is 5.26 Å². The van der Waals surface area contributed by atoms with Crippen molar-refractivity contribution in [2.24, 2.45) is 0 Å². The monoisotopic (exact) mass is 445 g/mol. The van der Waals surface area contributed by atoms with Crippen LogP contribution in [0, 0.1) is 11.3 Å². The first-order valence-electron chi connectivity index (χ1n) is 11.8. The number of nitriles is 1. The summed E-state index contributed by atoms with van der Waals surface area (Å²) in [5.74, 6) is 0.763. The van der Waals surface area contributed by atoms with E-state index in [-0.39, 0.29) is 11.7 Å². The largest absolute Gasteiger partial charge is 0.353 e. The Hall–Kier alpha value is -3.24. The molecule has 4 rings (SSSR count). The van der Waals surface area contributed by atoms with E-state index < -0.39 is 0 Å². The van der Waals surface area contributed by atoms with Crippen molar-refractivity contribution in [1.82, 2.24) is 9.88 Å². The van der Waals surface area contributed by atoms with E-state index in [4.69, 9.17) is 4.98 Å². The third kappa shape index (κ3) is 5.07. The fourth-order valence-electron chi connectivity index (χ4n) is 4.82. The molecule has 0 radical (unpaired) electrons. The van der Waals surface area contributed by atoms with E-state index in [1.54, 1.807) is 24.3 Å². The standard InChI is InChI=1S/C26H31N5O2/c1-3-5-24-22-7-4-6-21(22)23(16-27)26(29-24)31-14-12-30(13-15-31)17-25(33)28-20-10-8-19(9-11-20)18(2)32/h8-11H,3-7,12-15,17H2,1-2H3,(H,28,33). The second kappa shape index (κ2) is 10.1. The van der Waals surface area contributed by atoms with Gasteiger partial charge in [0.25, 0.3) is 0 Å². The second-order valence-electron chi connectivity index (χ2n) is 8.87. The highest BCUT2D eigenvalue weighted by atomic mass is 16.2. The van der Waals surface area contributed by atoms with E-state index >= 15 is 0 Å². The fraction of sp³-hybridized carbons (Fsp3) is 0.462. The predicted molar refractivity (Wildman–Crippen MR) is 129 cm³/mol. The van der Waals surface area contributed by atoms with E-state index in [1.807, 2.05) is 0 Å². The molecule has 2 aliphatic rings. The maximum atomic E-state index is 12.5. The lowest BCUT2D eigenvalue weighted by Crippen LogP contribution is -2.49. The number of nitrogens with one attached hydrogen (secondary N) is 1. The summed E-state index contributed by atoms with van der Waals surface area (Å²) in [6, 6.07) is 9.39. The third-order valence-corrected chi connectivity index (χ3v) is 6.55. The van der Waals surface area contributed by atoms with Crippen molar-refractivity contribution in [3.05, 3.63) is 52.2 Å². The molecule has 1 aromatic heterocycles. The van der Waals surface area contributed by atoms with Crippen molar-refractivity contribution in [3.63, 3.8) is 0 Å². The Kier molecular flexibility index (Phi) is 7.05. The Morgan fingerprint density at radius 3 is 2.42 bits per heavy atom. The number of anilines is 2. The van der Waals surface area contributed by atoms with Crippen LogP contribution < -0.4 is 10.2 Å². The highest BCUT2D eigenvalue weighted by molar-refractivity contribution is 5.96. The number of rotatable bonds is 7. The Morgan fingerprint density at radius 2 is 1.79 bits per heavy atom. The summed E-state index contributed by atoms with van der Waals surface area (Å²) in [4.78, 5) is 33.2. The highest BCUT2D eigenvalue weighted by Crippen LogP contribution is 2.33. The average Bonchev–Trinajstić information content (AvgIpc) is 3.30. The van der Waals surface area contributed by atoms with Crippen molar-refractivity contribution in [2.75, 3.05) is 42.9 Å². The van der Waals surface area contributed by atoms with Crippen molar-refractivity contribution in [2.45, 2.75) is 46.0 Å². The van der Waals surface area contributed by atoms with Crippen LogP contribution in [0.2, 0.25) is 0 Å². The van der Waals surface area contributed by atoms with Gasteiger partial charge in [-0.05, 0) is 68.0 Å². The minimum atomic E-state index is -0.0716. The number of piperazine rings is 1. The zero-order valence-corrected chi connectivity index (χ0v) is 19.5. The van der Waals surface area contributed by atoms with Gasteiger partial charge < -0.3 is 10.2 Å². The number of nitrogens with zero attached hydrogens (tertiary/aromatic N) is 4. The van der Waals surface area contributed by atoms with Crippen LogP contribution in [0.1, 0.15) is 59.4 Å². The van der Waals surface area contributed by atoms with Crippen LogP contribution in [0.15, 0.2) is 24.3 Å². The van der Waals surface area contributed by atoms with Crippen LogP contribution >= 0.6 is 0 Å². The molecule has 1 N–H and O–H groups in total. The van der Waals surface area contributed by atoms with Crippen LogP contribution in [0.25, 0.3) is 0 Å². The van der Waals surface area contributed by atoms with Gasteiger partial charge in [-0.3, -0.25) is 14.5 Å². The number of amides is 1. The number of fused-ring (bicyclic) bond motifs is 1. The predicted octanol–water partition coefficient (Wildman–Crippen LogP) is 3.36. The van der Waals surface area contributed by atoms with Gasteiger partial charge in [-0.1, -0.05) is 13.3 Å². The fourth-order valence-corrected chi connectivity index (χ4v) is 4.82. The maximum absolute atomic E-state index is 12.5. The first kappa shape index (κ1) is 22.9. The van der Waals surface area contributed by atoms with Gasteiger partial charge >= 0.3 is 0 Å². The average molecular weight is 446 g/mol. The van der Waals surface area contributed by atoms with E-state index in [0.717, 1.165) is 75.4 Å². The molecule has 0 atom stereocenters. The minimum Gasteiger partial charge on any atom is -0.353 e. The van der Waals surface area contributed by atoms with Gasteiger partial charge in [-0.2, -0.15) is 5.26 Å². The van der Waals surface area contributed by atoms with Gasteiger partial charge in [0.15, 0.2) is 5.78 Å². The topological polar surface area (TPSA) is 89.3 Å². The first-order chi connectivity index (χ1) is 16.0. The van der Waals surface area contributed by atoms with Crippen molar-refractivity contribution < 1.29 is 9.59 Å². The van der Waals surface area contributed by atoms with Crippen LogP contribution in [0.5, 0.6) is 0 Å². The summed E-state index contributed by atoms with van der Waals surface area (Å²) < 4.78 is 0. The quantitative estimate of drug-likeness (QED) is 0.658. The number of benzene rings is 1. The molecular formula is C26H31N5O2. The molecule has 1 amide bonds.